The zero-order valence-corrected chi connectivity index (χ0v) is 9.84. The van der Waals surface area contributed by atoms with Gasteiger partial charge in [0.05, 0.1) is 9.37 Å². The van der Waals surface area contributed by atoms with Crippen molar-refractivity contribution in [2.45, 2.75) is 17.3 Å². The van der Waals surface area contributed by atoms with Gasteiger partial charge in [-0.3, -0.25) is 0 Å². The van der Waals surface area contributed by atoms with Crippen LogP contribution in [0.25, 0.3) is 0 Å². The van der Waals surface area contributed by atoms with Crippen LogP contribution in [0.4, 0.5) is 5.69 Å². The number of nitrogens with two attached hydrogens (primary N) is 1. The molecule has 1 unspecified atom stereocenters. The Bertz CT molecular complexity index is 442. The molecule has 0 saturated carbocycles. The van der Waals surface area contributed by atoms with Crippen molar-refractivity contribution in [2.75, 3.05) is 5.73 Å². The topological polar surface area (TPSA) is 80.4 Å². The molecule has 1 rings (SSSR count). The van der Waals surface area contributed by atoms with Gasteiger partial charge in [-0.2, -0.15) is 0 Å². The predicted octanol–water partition coefficient (Wildman–Crippen LogP) is 1.14. The first-order valence-corrected chi connectivity index (χ1v) is 6.17. The van der Waals surface area contributed by atoms with Crippen LogP contribution >= 0.6 is 15.9 Å². The van der Waals surface area contributed by atoms with E-state index >= 15 is 0 Å². The second-order valence-corrected chi connectivity index (χ2v) is 5.81. The summed E-state index contributed by atoms with van der Waals surface area (Å²) >= 11 is 3.07. The third kappa shape index (κ3) is 1.92. The molecule has 78 valence electrons. The summed E-state index contributed by atoms with van der Waals surface area (Å²) in [5.41, 5.74) is 4.41. The summed E-state index contributed by atoms with van der Waals surface area (Å²) in [5.74, 6) is 0. The lowest BCUT2D eigenvalue weighted by Crippen LogP contribution is -2.17. The average molecular weight is 280 g/mol. The van der Waals surface area contributed by atoms with E-state index in [0.29, 0.717) is 10.2 Å². The maximum absolute atomic E-state index is 11.6. The van der Waals surface area contributed by atoms with Gasteiger partial charge in [0.1, 0.15) is 0 Å². The maximum atomic E-state index is 11.6. The van der Waals surface area contributed by atoms with E-state index in [4.69, 9.17) is 10.8 Å². The van der Waals surface area contributed by atoms with Crippen LogP contribution in [0.1, 0.15) is 6.92 Å². The van der Waals surface area contributed by atoms with E-state index < -0.39 is 15.3 Å². The second kappa shape index (κ2) is 3.88. The number of benzene rings is 1. The molecule has 0 bridgehead atoms. The minimum absolute atomic E-state index is 0.00694. The molecule has 1 aromatic rings. The fourth-order valence-corrected chi connectivity index (χ4v) is 2.88. The molecular weight excluding hydrogens is 270 g/mol. The Morgan fingerprint density at radius 1 is 1.50 bits per heavy atom. The lowest BCUT2D eigenvalue weighted by molar-refractivity contribution is 0.268. The molecule has 4 nitrogen and oxygen atoms in total. The Kier molecular flexibility index (Phi) is 3.18. The Morgan fingerprint density at radius 3 is 2.57 bits per heavy atom. The van der Waals surface area contributed by atoms with Crippen LogP contribution in [-0.2, 0) is 9.84 Å². The van der Waals surface area contributed by atoms with Crippen LogP contribution in [0.15, 0.2) is 27.6 Å². The molecular formula is C8H10BrNO3S. The van der Waals surface area contributed by atoms with Crippen molar-refractivity contribution in [1.82, 2.24) is 0 Å². The van der Waals surface area contributed by atoms with Crippen molar-refractivity contribution in [3.05, 3.63) is 22.7 Å². The predicted molar refractivity (Wildman–Crippen MR) is 57.4 cm³/mol. The number of aliphatic hydroxyl groups excluding tert-OH is 1. The standard InChI is InChI=1S/C8H10BrNO3S/c1-5(11)14(12,13)7-4-2-3-6(10)8(7)9/h2-5,11H,10H2,1H3. The minimum atomic E-state index is -3.70. The first kappa shape index (κ1) is 11.5. The Labute approximate surface area is 90.8 Å². The number of rotatable bonds is 2. The fourth-order valence-electron chi connectivity index (χ4n) is 0.931. The van der Waals surface area contributed by atoms with Crippen LogP contribution in [-0.4, -0.2) is 19.0 Å². The molecule has 0 aliphatic carbocycles. The van der Waals surface area contributed by atoms with Crippen molar-refractivity contribution in [3.8, 4) is 0 Å². The average Bonchev–Trinajstić information content (AvgIpc) is 2.09. The highest BCUT2D eigenvalue weighted by atomic mass is 79.9. The van der Waals surface area contributed by atoms with E-state index in [9.17, 15) is 8.42 Å². The van der Waals surface area contributed by atoms with Gasteiger partial charge < -0.3 is 10.8 Å². The number of anilines is 1. The number of hydrogen-bond acceptors (Lipinski definition) is 4. The lowest BCUT2D eigenvalue weighted by atomic mass is 10.3. The van der Waals surface area contributed by atoms with E-state index in [-0.39, 0.29) is 4.90 Å². The van der Waals surface area contributed by atoms with Crippen molar-refractivity contribution >= 4 is 31.5 Å². The fraction of sp³-hybridized carbons (Fsp3) is 0.250. The zero-order chi connectivity index (χ0) is 10.9. The van der Waals surface area contributed by atoms with Gasteiger partial charge in [-0.05, 0) is 35.0 Å². The minimum Gasteiger partial charge on any atom is -0.398 e. The largest absolute Gasteiger partial charge is 0.398 e. The maximum Gasteiger partial charge on any atom is 0.205 e. The van der Waals surface area contributed by atoms with E-state index in [1.165, 1.54) is 19.1 Å². The van der Waals surface area contributed by atoms with Crippen LogP contribution in [0.5, 0.6) is 0 Å². The zero-order valence-electron chi connectivity index (χ0n) is 7.44. The summed E-state index contributed by atoms with van der Waals surface area (Å²) in [6.45, 7) is 1.20. The second-order valence-electron chi connectivity index (χ2n) is 2.80. The Hall–Kier alpha value is -0.590. The van der Waals surface area contributed by atoms with Gasteiger partial charge in [0.25, 0.3) is 0 Å². The van der Waals surface area contributed by atoms with Crippen LogP contribution in [0.2, 0.25) is 0 Å². The number of nitrogen functional groups attached to an aromatic ring is 1. The highest BCUT2D eigenvalue weighted by molar-refractivity contribution is 9.10. The number of halogens is 1. The molecule has 0 aliphatic heterocycles. The molecule has 0 heterocycles. The van der Waals surface area contributed by atoms with Gasteiger partial charge in [-0.25, -0.2) is 8.42 Å². The van der Waals surface area contributed by atoms with E-state index in [1.807, 2.05) is 0 Å². The van der Waals surface area contributed by atoms with E-state index in [2.05, 4.69) is 15.9 Å². The summed E-state index contributed by atoms with van der Waals surface area (Å²) in [6.07, 6.45) is 0. The summed E-state index contributed by atoms with van der Waals surface area (Å²) < 4.78 is 23.4. The van der Waals surface area contributed by atoms with Crippen molar-refractivity contribution in [1.29, 1.82) is 0 Å². The van der Waals surface area contributed by atoms with E-state index in [1.54, 1.807) is 6.07 Å². The molecule has 0 spiro atoms. The molecule has 1 aromatic carbocycles. The number of sulfone groups is 1. The molecule has 14 heavy (non-hydrogen) atoms. The summed E-state index contributed by atoms with van der Waals surface area (Å²) in [4.78, 5) is 0.00694. The molecule has 0 aliphatic rings. The van der Waals surface area contributed by atoms with Crippen LogP contribution in [0.3, 0.4) is 0 Å². The van der Waals surface area contributed by atoms with Crippen LogP contribution < -0.4 is 5.73 Å². The van der Waals surface area contributed by atoms with Gasteiger partial charge in [0.15, 0.2) is 5.44 Å². The third-order valence-electron chi connectivity index (χ3n) is 1.75. The van der Waals surface area contributed by atoms with Crippen LogP contribution in [0, 0.1) is 0 Å². The lowest BCUT2D eigenvalue weighted by Gasteiger charge is -2.09. The molecule has 3 N–H and O–H groups in total. The molecule has 0 amide bonds. The summed E-state index contributed by atoms with van der Waals surface area (Å²) in [7, 11) is -3.70. The highest BCUT2D eigenvalue weighted by Gasteiger charge is 2.23. The quantitative estimate of drug-likeness (QED) is 0.796. The van der Waals surface area contributed by atoms with Crippen molar-refractivity contribution in [3.63, 3.8) is 0 Å². The number of aliphatic hydroxyl groups is 1. The smallest absolute Gasteiger partial charge is 0.205 e. The summed E-state index contributed by atoms with van der Waals surface area (Å²) in [5, 5.41) is 9.10. The monoisotopic (exact) mass is 279 g/mol. The Morgan fingerprint density at radius 2 is 2.07 bits per heavy atom. The molecule has 0 saturated heterocycles. The highest BCUT2D eigenvalue weighted by Crippen LogP contribution is 2.29. The van der Waals surface area contributed by atoms with Gasteiger partial charge in [0.2, 0.25) is 9.84 Å². The van der Waals surface area contributed by atoms with Crippen molar-refractivity contribution < 1.29 is 13.5 Å². The normalized spacial score (nSPS) is 13.9. The van der Waals surface area contributed by atoms with Gasteiger partial charge in [-0.15, -0.1) is 0 Å². The number of hydrogen-bond donors (Lipinski definition) is 2. The molecule has 0 radical (unpaired) electrons. The molecule has 0 fully saturated rings. The van der Waals surface area contributed by atoms with Gasteiger partial charge in [0, 0.05) is 5.69 Å². The molecule has 6 heteroatoms. The van der Waals surface area contributed by atoms with Crippen molar-refractivity contribution in [2.24, 2.45) is 0 Å². The van der Waals surface area contributed by atoms with Gasteiger partial charge >= 0.3 is 0 Å². The SMILES string of the molecule is CC(O)S(=O)(=O)c1cccc(N)c1Br. The van der Waals surface area contributed by atoms with Gasteiger partial charge in [-0.1, -0.05) is 6.07 Å². The first-order valence-electron chi connectivity index (χ1n) is 3.83. The van der Waals surface area contributed by atoms with E-state index in [0.717, 1.165) is 0 Å². The molecule has 0 aromatic heterocycles. The Balaban J connectivity index is 3.42. The third-order valence-corrected chi connectivity index (χ3v) is 4.75. The summed E-state index contributed by atoms with van der Waals surface area (Å²) in [6, 6.07) is 4.49. The molecule has 1 atom stereocenters. The first-order chi connectivity index (χ1) is 6.37.